The predicted octanol–water partition coefficient (Wildman–Crippen LogP) is 2.69. The monoisotopic (exact) mass is 289 g/mol. The fourth-order valence-corrected chi connectivity index (χ4v) is 2.51. The summed E-state index contributed by atoms with van der Waals surface area (Å²) in [5.41, 5.74) is 6.91. The van der Waals surface area contributed by atoms with E-state index in [1.54, 1.807) is 6.92 Å². The normalized spacial score (nSPS) is 14.8. The number of aryl methyl sites for hydroxylation is 1. The van der Waals surface area contributed by atoms with Gasteiger partial charge in [0.05, 0.1) is 6.54 Å². The van der Waals surface area contributed by atoms with E-state index in [0.717, 1.165) is 10.6 Å². The first-order chi connectivity index (χ1) is 9.47. The largest absolute Gasteiger partial charge is 0.383 e. The lowest BCUT2D eigenvalue weighted by atomic mass is 10.1. The summed E-state index contributed by atoms with van der Waals surface area (Å²) in [6, 6.07) is 11.7. The molecule has 0 aliphatic carbocycles. The quantitative estimate of drug-likeness (QED) is 0.598. The predicted molar refractivity (Wildman–Crippen MR) is 85.2 cm³/mol. The Morgan fingerprint density at radius 2 is 2.05 bits per heavy atom. The van der Waals surface area contributed by atoms with Gasteiger partial charge in [-0.2, -0.15) is 0 Å². The molecule has 1 aromatic carbocycles. The number of rotatable bonds is 4. The number of benzene rings is 1. The van der Waals surface area contributed by atoms with Crippen molar-refractivity contribution < 1.29 is 5.11 Å². The lowest BCUT2D eigenvalue weighted by Gasteiger charge is -2.19. The summed E-state index contributed by atoms with van der Waals surface area (Å²) in [6.45, 7) is 3.99. The van der Waals surface area contributed by atoms with E-state index in [0.29, 0.717) is 5.96 Å². The number of aliphatic hydroxyl groups is 1. The van der Waals surface area contributed by atoms with Crippen molar-refractivity contribution in [1.29, 1.82) is 0 Å². The zero-order valence-corrected chi connectivity index (χ0v) is 12.4. The van der Waals surface area contributed by atoms with Crippen LogP contribution in [-0.4, -0.2) is 17.6 Å². The van der Waals surface area contributed by atoms with Gasteiger partial charge in [0.15, 0.2) is 5.96 Å². The van der Waals surface area contributed by atoms with Crippen molar-refractivity contribution in [2.24, 2.45) is 10.7 Å². The van der Waals surface area contributed by atoms with Crippen LogP contribution in [0.25, 0.3) is 0 Å². The molecule has 0 radical (unpaired) electrons. The van der Waals surface area contributed by atoms with Crippen LogP contribution in [0.3, 0.4) is 0 Å². The van der Waals surface area contributed by atoms with Crippen LogP contribution in [0.2, 0.25) is 0 Å². The molecule has 20 heavy (non-hydrogen) atoms. The molecular weight excluding hydrogens is 270 g/mol. The Labute approximate surface area is 123 Å². The molecule has 0 spiro atoms. The van der Waals surface area contributed by atoms with Crippen molar-refractivity contribution in [3.05, 3.63) is 52.2 Å². The first-order valence-electron chi connectivity index (χ1n) is 6.37. The minimum atomic E-state index is -0.992. The van der Waals surface area contributed by atoms with Crippen LogP contribution >= 0.6 is 11.3 Å². The maximum atomic E-state index is 10.3. The van der Waals surface area contributed by atoms with E-state index in [4.69, 9.17) is 5.73 Å². The van der Waals surface area contributed by atoms with Gasteiger partial charge in [-0.25, -0.2) is 4.99 Å². The smallest absolute Gasteiger partial charge is 0.193 e. The maximum absolute atomic E-state index is 10.3. The van der Waals surface area contributed by atoms with E-state index in [9.17, 15) is 5.11 Å². The number of nitrogens with zero attached hydrogens (tertiary/aromatic N) is 1. The van der Waals surface area contributed by atoms with E-state index in [-0.39, 0.29) is 6.54 Å². The van der Waals surface area contributed by atoms with Gasteiger partial charge in [-0.3, -0.25) is 0 Å². The van der Waals surface area contributed by atoms with E-state index in [2.05, 4.69) is 10.3 Å². The molecule has 106 valence electrons. The fourth-order valence-electron chi connectivity index (χ4n) is 1.73. The summed E-state index contributed by atoms with van der Waals surface area (Å²) in [6.07, 6.45) is 0. The molecule has 0 bridgehead atoms. The van der Waals surface area contributed by atoms with Crippen LogP contribution < -0.4 is 11.1 Å². The van der Waals surface area contributed by atoms with E-state index >= 15 is 0 Å². The molecule has 5 heteroatoms. The van der Waals surface area contributed by atoms with Gasteiger partial charge in [-0.1, -0.05) is 23.8 Å². The van der Waals surface area contributed by atoms with Crippen LogP contribution in [0, 0.1) is 6.92 Å². The third kappa shape index (κ3) is 3.82. The molecule has 0 aliphatic heterocycles. The van der Waals surface area contributed by atoms with Crippen molar-refractivity contribution in [2.45, 2.75) is 19.4 Å². The molecule has 0 amide bonds. The lowest BCUT2D eigenvalue weighted by Crippen LogP contribution is -2.29. The molecule has 1 heterocycles. The van der Waals surface area contributed by atoms with Crippen molar-refractivity contribution in [3.63, 3.8) is 0 Å². The number of nitrogens with two attached hydrogens (primary N) is 1. The summed E-state index contributed by atoms with van der Waals surface area (Å²) in [4.78, 5) is 5.09. The highest BCUT2D eigenvalue weighted by Crippen LogP contribution is 2.25. The van der Waals surface area contributed by atoms with Crippen molar-refractivity contribution in [3.8, 4) is 0 Å². The minimum Gasteiger partial charge on any atom is -0.383 e. The number of hydrogen-bond donors (Lipinski definition) is 3. The Kier molecular flexibility index (Phi) is 4.42. The van der Waals surface area contributed by atoms with Gasteiger partial charge in [0.25, 0.3) is 0 Å². The van der Waals surface area contributed by atoms with Gasteiger partial charge in [0, 0.05) is 10.6 Å². The number of anilines is 1. The second kappa shape index (κ2) is 6.07. The fraction of sp³-hybridized carbons (Fsp3) is 0.267. The van der Waals surface area contributed by atoms with Crippen LogP contribution in [0.15, 0.2) is 46.8 Å². The van der Waals surface area contributed by atoms with E-state index in [1.165, 1.54) is 16.9 Å². The van der Waals surface area contributed by atoms with Crippen LogP contribution in [0.4, 0.5) is 5.69 Å². The van der Waals surface area contributed by atoms with Gasteiger partial charge in [0.1, 0.15) is 5.60 Å². The Morgan fingerprint density at radius 1 is 1.35 bits per heavy atom. The van der Waals surface area contributed by atoms with Gasteiger partial charge in [0.2, 0.25) is 0 Å². The van der Waals surface area contributed by atoms with Crippen molar-refractivity contribution in [2.75, 3.05) is 11.9 Å². The third-order valence-corrected chi connectivity index (χ3v) is 4.06. The van der Waals surface area contributed by atoms with Crippen molar-refractivity contribution >= 4 is 23.0 Å². The standard InChI is InChI=1S/C15H19N3OS/c1-11-5-7-12(8-6-11)18-14(16)17-10-15(2,19)13-4-3-9-20-13/h3-9,19H,10H2,1-2H3,(H3,16,17,18). The van der Waals surface area contributed by atoms with Gasteiger partial charge in [-0.15, -0.1) is 11.3 Å². The first kappa shape index (κ1) is 14.6. The Bertz CT molecular complexity index is 574. The zero-order chi connectivity index (χ0) is 14.6. The highest BCUT2D eigenvalue weighted by molar-refractivity contribution is 7.10. The van der Waals surface area contributed by atoms with Crippen molar-refractivity contribution in [1.82, 2.24) is 0 Å². The Morgan fingerprint density at radius 3 is 2.65 bits per heavy atom. The molecule has 0 saturated carbocycles. The molecule has 2 aromatic rings. The summed E-state index contributed by atoms with van der Waals surface area (Å²) < 4.78 is 0. The third-order valence-electron chi connectivity index (χ3n) is 2.93. The Hall–Kier alpha value is -1.85. The molecule has 0 saturated heterocycles. The average Bonchev–Trinajstić information content (AvgIpc) is 2.94. The molecule has 0 fully saturated rings. The molecular formula is C15H19N3OS. The van der Waals surface area contributed by atoms with Crippen LogP contribution in [0.1, 0.15) is 17.4 Å². The van der Waals surface area contributed by atoms with Gasteiger partial charge in [-0.05, 0) is 37.4 Å². The lowest BCUT2D eigenvalue weighted by molar-refractivity contribution is 0.0713. The summed E-state index contributed by atoms with van der Waals surface area (Å²) >= 11 is 1.51. The second-order valence-corrected chi connectivity index (χ2v) is 5.89. The number of hydrogen-bond acceptors (Lipinski definition) is 3. The molecule has 1 unspecified atom stereocenters. The van der Waals surface area contributed by atoms with E-state index in [1.807, 2.05) is 48.7 Å². The summed E-state index contributed by atoms with van der Waals surface area (Å²) in [7, 11) is 0. The topological polar surface area (TPSA) is 70.6 Å². The van der Waals surface area contributed by atoms with Gasteiger partial charge >= 0.3 is 0 Å². The highest BCUT2D eigenvalue weighted by Gasteiger charge is 2.23. The molecule has 1 aromatic heterocycles. The molecule has 2 rings (SSSR count). The zero-order valence-electron chi connectivity index (χ0n) is 11.6. The Balaban J connectivity index is 1.99. The highest BCUT2D eigenvalue weighted by atomic mass is 32.1. The summed E-state index contributed by atoms with van der Waals surface area (Å²) in [5.74, 6) is 0.297. The average molecular weight is 289 g/mol. The van der Waals surface area contributed by atoms with Crippen LogP contribution in [0.5, 0.6) is 0 Å². The molecule has 4 N–H and O–H groups in total. The molecule has 0 aliphatic rings. The number of guanidine groups is 1. The number of thiophene rings is 1. The van der Waals surface area contributed by atoms with Crippen LogP contribution in [-0.2, 0) is 5.60 Å². The number of aliphatic imine (C=N–C) groups is 1. The maximum Gasteiger partial charge on any atom is 0.193 e. The number of nitrogens with one attached hydrogen (secondary N) is 1. The molecule has 1 atom stereocenters. The van der Waals surface area contributed by atoms with E-state index < -0.39 is 5.60 Å². The van der Waals surface area contributed by atoms with Gasteiger partial charge < -0.3 is 16.2 Å². The summed E-state index contributed by atoms with van der Waals surface area (Å²) in [5, 5.41) is 15.3. The first-order valence-corrected chi connectivity index (χ1v) is 7.25. The molecule has 4 nitrogen and oxygen atoms in total. The second-order valence-electron chi connectivity index (χ2n) is 4.94. The SMILES string of the molecule is Cc1ccc(NC(N)=NCC(C)(O)c2cccs2)cc1. The minimum absolute atomic E-state index is 0.220.